The van der Waals surface area contributed by atoms with Gasteiger partial charge >= 0.3 is 0 Å². The van der Waals surface area contributed by atoms with Crippen LogP contribution in [0, 0.1) is 5.92 Å². The number of thiophene rings is 1. The maximum absolute atomic E-state index is 13.2. The highest BCUT2D eigenvalue weighted by Gasteiger charge is 2.32. The van der Waals surface area contributed by atoms with Gasteiger partial charge in [-0.25, -0.2) is 0 Å². The second-order valence-corrected chi connectivity index (χ2v) is 9.93. The summed E-state index contributed by atoms with van der Waals surface area (Å²) < 4.78 is 10.9. The van der Waals surface area contributed by atoms with E-state index in [1.807, 2.05) is 41.6 Å². The van der Waals surface area contributed by atoms with Gasteiger partial charge in [-0.1, -0.05) is 36.4 Å². The van der Waals surface area contributed by atoms with Crippen molar-refractivity contribution >= 4 is 17.2 Å². The van der Waals surface area contributed by atoms with Crippen molar-refractivity contribution < 1.29 is 14.3 Å². The molecule has 2 aromatic carbocycles. The Morgan fingerprint density at radius 1 is 1.00 bits per heavy atom. The van der Waals surface area contributed by atoms with Gasteiger partial charge in [-0.3, -0.25) is 9.69 Å². The molecule has 1 aromatic heterocycles. The van der Waals surface area contributed by atoms with E-state index in [1.165, 1.54) is 22.5 Å². The number of nitrogens with zero attached hydrogens (tertiary/aromatic N) is 2. The lowest BCUT2D eigenvalue weighted by Gasteiger charge is -2.40. The van der Waals surface area contributed by atoms with Crippen molar-refractivity contribution in [3.05, 3.63) is 82.0 Å². The molecule has 180 valence electrons. The quantitative estimate of drug-likeness (QED) is 0.415. The molecule has 1 saturated heterocycles. The third-order valence-corrected chi connectivity index (χ3v) is 7.69. The molecule has 0 unspecified atom stereocenters. The number of benzene rings is 2. The molecule has 34 heavy (non-hydrogen) atoms. The first kappa shape index (κ1) is 24.3. The van der Waals surface area contributed by atoms with Crippen molar-refractivity contribution in [1.82, 2.24) is 9.80 Å². The molecular weight excluding hydrogens is 444 g/mol. The van der Waals surface area contributed by atoms with Gasteiger partial charge in [0.1, 0.15) is 11.5 Å². The van der Waals surface area contributed by atoms with E-state index in [0.29, 0.717) is 5.92 Å². The van der Waals surface area contributed by atoms with Crippen LogP contribution < -0.4 is 9.47 Å². The first-order valence-electron chi connectivity index (χ1n) is 11.9. The summed E-state index contributed by atoms with van der Waals surface area (Å²) in [5, 5.41) is 1.97. The summed E-state index contributed by atoms with van der Waals surface area (Å²) in [6.45, 7) is 2.89. The monoisotopic (exact) mass is 478 g/mol. The molecule has 0 radical (unpaired) electrons. The molecule has 1 fully saturated rings. The van der Waals surface area contributed by atoms with Crippen LogP contribution in [0.2, 0.25) is 0 Å². The minimum atomic E-state index is 0.127. The largest absolute Gasteiger partial charge is 0.497 e. The maximum atomic E-state index is 13.2. The van der Waals surface area contributed by atoms with Crippen LogP contribution in [0.25, 0.3) is 0 Å². The average molecular weight is 479 g/mol. The van der Waals surface area contributed by atoms with Crippen LogP contribution in [0.3, 0.4) is 0 Å². The normalized spacial score (nSPS) is 15.6. The summed E-state index contributed by atoms with van der Waals surface area (Å²) in [4.78, 5) is 18.5. The fraction of sp³-hybridized carbons (Fsp3) is 0.393. The summed E-state index contributed by atoms with van der Waals surface area (Å²) >= 11 is 1.52. The molecule has 2 heterocycles. The third kappa shape index (κ3) is 5.99. The molecule has 4 rings (SSSR count). The van der Waals surface area contributed by atoms with Gasteiger partial charge in [-0.15, -0.1) is 11.3 Å². The number of likely N-dealkylation sites (N-methyl/N-ethyl adjacent to an activating group) is 1. The van der Waals surface area contributed by atoms with E-state index in [-0.39, 0.29) is 11.9 Å². The van der Waals surface area contributed by atoms with Crippen molar-refractivity contribution in [1.29, 1.82) is 0 Å². The van der Waals surface area contributed by atoms with Crippen LogP contribution >= 0.6 is 11.3 Å². The number of amides is 1. The molecule has 1 aliphatic rings. The van der Waals surface area contributed by atoms with Gasteiger partial charge in [0.05, 0.1) is 19.1 Å². The predicted octanol–water partition coefficient (Wildman–Crippen LogP) is 5.36. The summed E-state index contributed by atoms with van der Waals surface area (Å²) in [6, 6.07) is 20.7. The number of piperidine rings is 1. The van der Waals surface area contributed by atoms with Crippen molar-refractivity contribution in [3.63, 3.8) is 0 Å². The van der Waals surface area contributed by atoms with Crippen molar-refractivity contribution in [2.24, 2.45) is 5.92 Å². The zero-order chi connectivity index (χ0) is 23.9. The Morgan fingerprint density at radius 2 is 1.68 bits per heavy atom. The molecule has 0 bridgehead atoms. The highest BCUT2D eigenvalue weighted by molar-refractivity contribution is 7.12. The fourth-order valence-corrected chi connectivity index (χ4v) is 5.62. The Labute approximate surface area is 206 Å². The SMILES string of the molecule is COc1cc(CN2CCC([C@H](Cc3ccccc3)N(C)C(=O)c3cccs3)CC2)cc(OC)c1. The number of carbonyl (C=O) groups is 1. The van der Waals surface area contributed by atoms with Crippen molar-refractivity contribution in [3.8, 4) is 11.5 Å². The van der Waals surface area contributed by atoms with Crippen LogP contribution in [0.15, 0.2) is 66.0 Å². The Bertz CT molecular complexity index is 1020. The Balaban J connectivity index is 1.44. The van der Waals surface area contributed by atoms with E-state index in [0.717, 1.165) is 55.3 Å². The van der Waals surface area contributed by atoms with E-state index < -0.39 is 0 Å². The Hall–Kier alpha value is -2.83. The lowest BCUT2D eigenvalue weighted by Crippen LogP contribution is -2.47. The Morgan fingerprint density at radius 3 is 2.26 bits per heavy atom. The molecule has 1 amide bonds. The lowest BCUT2D eigenvalue weighted by molar-refractivity contribution is 0.0589. The first-order valence-corrected chi connectivity index (χ1v) is 12.7. The second kappa shape index (κ2) is 11.5. The maximum Gasteiger partial charge on any atom is 0.263 e. The molecule has 0 aliphatic carbocycles. The van der Waals surface area contributed by atoms with Gasteiger partial charge in [0, 0.05) is 25.7 Å². The standard InChI is InChI=1S/C28H34N2O3S/c1-29(28(31)27-10-7-15-34-27)26(18-21-8-5-4-6-9-21)23-11-13-30(14-12-23)20-22-16-24(32-2)19-25(17-22)33-3/h4-10,15-17,19,23,26H,11-14,18,20H2,1-3H3/t26-/m0/s1. The van der Waals surface area contributed by atoms with Crippen LogP contribution in [-0.4, -0.2) is 56.1 Å². The summed E-state index contributed by atoms with van der Waals surface area (Å²) in [5.41, 5.74) is 2.48. The fourth-order valence-electron chi connectivity index (χ4n) is 4.91. The second-order valence-electron chi connectivity index (χ2n) is 8.98. The van der Waals surface area contributed by atoms with Crippen LogP contribution in [0.5, 0.6) is 11.5 Å². The van der Waals surface area contributed by atoms with Gasteiger partial charge in [-0.05, 0) is 73.0 Å². The number of hydrogen-bond acceptors (Lipinski definition) is 5. The molecule has 1 aliphatic heterocycles. The van der Waals surface area contributed by atoms with E-state index >= 15 is 0 Å². The molecule has 3 aromatic rings. The predicted molar refractivity (Wildman–Crippen MR) is 138 cm³/mol. The van der Waals surface area contributed by atoms with Crippen molar-refractivity contribution in [2.75, 3.05) is 34.4 Å². The topological polar surface area (TPSA) is 42.0 Å². The number of rotatable bonds is 9. The first-order chi connectivity index (χ1) is 16.6. The van der Waals surface area contributed by atoms with E-state index in [4.69, 9.17) is 9.47 Å². The number of carbonyl (C=O) groups excluding carboxylic acids is 1. The molecule has 6 heteroatoms. The number of hydrogen-bond donors (Lipinski definition) is 0. The minimum absolute atomic E-state index is 0.127. The minimum Gasteiger partial charge on any atom is -0.497 e. The molecular formula is C28H34N2O3S. The summed E-state index contributed by atoms with van der Waals surface area (Å²) in [7, 11) is 5.35. The smallest absolute Gasteiger partial charge is 0.263 e. The van der Waals surface area contributed by atoms with Gasteiger partial charge in [0.2, 0.25) is 0 Å². The number of methoxy groups -OCH3 is 2. The third-order valence-electron chi connectivity index (χ3n) is 6.83. The van der Waals surface area contributed by atoms with E-state index in [9.17, 15) is 4.79 Å². The average Bonchev–Trinajstić information content (AvgIpc) is 3.42. The van der Waals surface area contributed by atoms with Gasteiger partial charge in [0.25, 0.3) is 5.91 Å². The molecule has 1 atom stereocenters. The summed E-state index contributed by atoms with van der Waals surface area (Å²) in [6.07, 6.45) is 3.02. The molecule has 0 N–H and O–H groups in total. The van der Waals surface area contributed by atoms with Gasteiger partial charge in [-0.2, -0.15) is 0 Å². The van der Waals surface area contributed by atoms with Gasteiger partial charge < -0.3 is 14.4 Å². The molecule has 5 nitrogen and oxygen atoms in total. The summed E-state index contributed by atoms with van der Waals surface area (Å²) in [5.74, 6) is 2.23. The van der Waals surface area contributed by atoms with E-state index in [2.05, 4.69) is 41.3 Å². The van der Waals surface area contributed by atoms with E-state index in [1.54, 1.807) is 14.2 Å². The number of likely N-dealkylation sites (tertiary alicyclic amines) is 1. The lowest BCUT2D eigenvalue weighted by atomic mass is 9.84. The Kier molecular flexibility index (Phi) is 8.25. The zero-order valence-electron chi connectivity index (χ0n) is 20.3. The van der Waals surface area contributed by atoms with Crippen LogP contribution in [0.1, 0.15) is 33.6 Å². The van der Waals surface area contributed by atoms with Gasteiger partial charge in [0.15, 0.2) is 0 Å². The van der Waals surface area contributed by atoms with Crippen LogP contribution in [0.4, 0.5) is 0 Å². The molecule has 0 spiro atoms. The van der Waals surface area contributed by atoms with Crippen LogP contribution in [-0.2, 0) is 13.0 Å². The number of ether oxygens (including phenoxy) is 2. The zero-order valence-corrected chi connectivity index (χ0v) is 21.1. The molecule has 0 saturated carbocycles. The highest BCUT2D eigenvalue weighted by Crippen LogP contribution is 2.30. The van der Waals surface area contributed by atoms with Crippen molar-refractivity contribution in [2.45, 2.75) is 31.8 Å². The highest BCUT2D eigenvalue weighted by atomic mass is 32.1.